The molecule has 1 aromatic carbocycles. The van der Waals surface area contributed by atoms with Gasteiger partial charge in [-0.25, -0.2) is 4.98 Å². The van der Waals surface area contributed by atoms with Crippen LogP contribution in [0.2, 0.25) is 0 Å². The Hall–Kier alpha value is -2.74. The van der Waals surface area contributed by atoms with E-state index < -0.39 is 4.92 Å². The first kappa shape index (κ1) is 15.8. The van der Waals surface area contributed by atoms with E-state index in [9.17, 15) is 14.9 Å². The van der Waals surface area contributed by atoms with Gasteiger partial charge in [-0.2, -0.15) is 0 Å². The second kappa shape index (κ2) is 6.29. The Kier molecular flexibility index (Phi) is 3.96. The van der Waals surface area contributed by atoms with Crippen molar-refractivity contribution in [1.82, 2.24) is 15.2 Å². The lowest BCUT2D eigenvalue weighted by Gasteiger charge is -2.44. The molecule has 3 aliphatic heterocycles. The van der Waals surface area contributed by atoms with E-state index in [-0.39, 0.29) is 23.5 Å². The molecule has 1 unspecified atom stereocenters. The van der Waals surface area contributed by atoms with Gasteiger partial charge < -0.3 is 14.6 Å². The van der Waals surface area contributed by atoms with E-state index in [4.69, 9.17) is 4.42 Å². The molecule has 0 aliphatic carbocycles. The predicted molar refractivity (Wildman–Crippen MR) is 89.0 cm³/mol. The summed E-state index contributed by atoms with van der Waals surface area (Å²) in [6.45, 7) is 3.10. The molecule has 8 heteroatoms. The molecule has 1 amide bonds. The second-order valence-corrected chi connectivity index (χ2v) is 6.55. The molecular weight excluding hydrogens is 324 g/mol. The Bertz CT molecular complexity index is 793. The Morgan fingerprint density at radius 2 is 2.00 bits per heavy atom. The van der Waals surface area contributed by atoms with Crippen LogP contribution in [0.15, 0.2) is 34.9 Å². The van der Waals surface area contributed by atoms with Gasteiger partial charge in [-0.15, -0.1) is 0 Å². The van der Waals surface area contributed by atoms with Crippen LogP contribution in [0, 0.1) is 16.0 Å². The Morgan fingerprint density at radius 3 is 2.60 bits per heavy atom. The summed E-state index contributed by atoms with van der Waals surface area (Å²) < 4.78 is 5.55. The van der Waals surface area contributed by atoms with Crippen molar-refractivity contribution in [1.29, 1.82) is 0 Å². The second-order valence-electron chi connectivity index (χ2n) is 6.55. The van der Waals surface area contributed by atoms with Crippen molar-refractivity contribution < 1.29 is 14.1 Å². The maximum Gasteiger partial charge on any atom is 0.307 e. The van der Waals surface area contributed by atoms with Crippen LogP contribution in [0.5, 0.6) is 0 Å². The van der Waals surface area contributed by atoms with Gasteiger partial charge in [0, 0.05) is 30.3 Å². The van der Waals surface area contributed by atoms with Crippen LogP contribution < -0.4 is 5.32 Å². The molecule has 0 spiro atoms. The fourth-order valence-electron chi connectivity index (χ4n) is 3.62. The van der Waals surface area contributed by atoms with Crippen LogP contribution in [-0.2, 0) is 0 Å². The molecule has 1 N–H and O–H groups in total. The maximum absolute atomic E-state index is 12.4. The molecule has 2 aromatic rings. The largest absolute Gasteiger partial charge is 0.432 e. The lowest BCUT2D eigenvalue weighted by Crippen LogP contribution is -2.57. The highest BCUT2D eigenvalue weighted by Crippen LogP contribution is 2.28. The molecule has 25 heavy (non-hydrogen) atoms. The number of non-ortho nitro benzene ring substituents is 1. The van der Waals surface area contributed by atoms with E-state index in [0.29, 0.717) is 17.2 Å². The van der Waals surface area contributed by atoms with Crippen LogP contribution in [0.25, 0.3) is 11.3 Å². The summed E-state index contributed by atoms with van der Waals surface area (Å²) in [7, 11) is 0. The van der Waals surface area contributed by atoms with Gasteiger partial charge in [0.15, 0.2) is 5.76 Å². The molecule has 3 aliphatic rings. The molecule has 1 atom stereocenters. The number of oxazole rings is 1. The summed E-state index contributed by atoms with van der Waals surface area (Å²) in [5.41, 5.74) is 0.642. The lowest BCUT2D eigenvalue weighted by molar-refractivity contribution is -0.384. The maximum atomic E-state index is 12.4. The van der Waals surface area contributed by atoms with Crippen molar-refractivity contribution in [2.24, 2.45) is 5.92 Å². The van der Waals surface area contributed by atoms with E-state index in [1.54, 1.807) is 12.1 Å². The van der Waals surface area contributed by atoms with Gasteiger partial charge in [-0.3, -0.25) is 14.9 Å². The molecule has 3 fully saturated rings. The van der Waals surface area contributed by atoms with Gasteiger partial charge in [0.1, 0.15) is 0 Å². The monoisotopic (exact) mass is 342 g/mol. The highest BCUT2D eigenvalue weighted by Gasteiger charge is 2.35. The standard InChI is InChI=1S/C17H18N4O4/c22-16(19-14-10-20-7-5-11(14)6-8-20)17-18-9-15(25-17)12-1-3-13(4-2-12)21(23)24/h1-4,9,11,14H,5-8,10H2,(H,19,22). The summed E-state index contributed by atoms with van der Waals surface area (Å²) >= 11 is 0. The van der Waals surface area contributed by atoms with Gasteiger partial charge in [-0.05, 0) is 44.0 Å². The van der Waals surface area contributed by atoms with Gasteiger partial charge in [0.25, 0.3) is 11.6 Å². The molecule has 0 radical (unpaired) electrons. The van der Waals surface area contributed by atoms with E-state index in [1.165, 1.54) is 18.3 Å². The highest BCUT2D eigenvalue weighted by molar-refractivity contribution is 5.90. The lowest BCUT2D eigenvalue weighted by atomic mass is 9.84. The first-order chi connectivity index (χ1) is 12.1. The van der Waals surface area contributed by atoms with Crippen molar-refractivity contribution in [2.75, 3.05) is 19.6 Å². The SMILES string of the molecule is O=C(NC1CN2CCC1CC2)c1ncc(-c2ccc([N+](=O)[O-])cc2)o1. The minimum atomic E-state index is -0.461. The normalized spacial score (nSPS) is 24.9. The fourth-order valence-corrected chi connectivity index (χ4v) is 3.62. The van der Waals surface area contributed by atoms with Crippen molar-refractivity contribution in [3.05, 3.63) is 46.5 Å². The van der Waals surface area contributed by atoms with E-state index in [2.05, 4.69) is 15.2 Å². The molecule has 0 saturated carbocycles. The number of carbonyl (C=O) groups excluding carboxylic acids is 1. The summed E-state index contributed by atoms with van der Waals surface area (Å²) in [6.07, 6.45) is 3.70. The first-order valence-electron chi connectivity index (χ1n) is 8.34. The van der Waals surface area contributed by atoms with Crippen molar-refractivity contribution in [3.63, 3.8) is 0 Å². The third kappa shape index (κ3) is 3.12. The van der Waals surface area contributed by atoms with Crippen molar-refractivity contribution in [2.45, 2.75) is 18.9 Å². The van der Waals surface area contributed by atoms with Crippen LogP contribution in [0.3, 0.4) is 0 Å². The molecule has 5 rings (SSSR count). The van der Waals surface area contributed by atoms with Crippen LogP contribution >= 0.6 is 0 Å². The average molecular weight is 342 g/mol. The van der Waals surface area contributed by atoms with E-state index in [1.807, 2.05) is 0 Å². The van der Waals surface area contributed by atoms with Crippen LogP contribution in [-0.4, -0.2) is 46.4 Å². The summed E-state index contributed by atoms with van der Waals surface area (Å²) in [4.78, 5) is 29.1. The van der Waals surface area contributed by atoms with Gasteiger partial charge in [0.05, 0.1) is 11.1 Å². The minimum absolute atomic E-state index is 0.00332. The van der Waals surface area contributed by atoms with Crippen LogP contribution in [0.1, 0.15) is 23.5 Å². The van der Waals surface area contributed by atoms with E-state index in [0.717, 1.165) is 32.5 Å². The number of nitrogens with zero attached hydrogens (tertiary/aromatic N) is 3. The predicted octanol–water partition coefficient (Wildman–Crippen LogP) is 2.07. The van der Waals surface area contributed by atoms with Crippen molar-refractivity contribution >= 4 is 11.6 Å². The number of rotatable bonds is 4. The summed E-state index contributed by atoms with van der Waals surface area (Å²) in [5.74, 6) is 0.642. The topological polar surface area (TPSA) is 102 Å². The number of carbonyl (C=O) groups is 1. The fraction of sp³-hybridized carbons (Fsp3) is 0.412. The number of amides is 1. The van der Waals surface area contributed by atoms with Crippen molar-refractivity contribution in [3.8, 4) is 11.3 Å². The number of hydrogen-bond acceptors (Lipinski definition) is 6. The number of aromatic nitrogens is 1. The molecule has 4 heterocycles. The molecular formula is C17H18N4O4. The number of piperidine rings is 3. The molecule has 1 aromatic heterocycles. The number of benzene rings is 1. The Labute approximate surface area is 144 Å². The number of nitro groups is 1. The quantitative estimate of drug-likeness (QED) is 0.674. The number of nitrogens with one attached hydrogen (secondary N) is 1. The van der Waals surface area contributed by atoms with Gasteiger partial charge in [-0.1, -0.05) is 0 Å². The zero-order chi connectivity index (χ0) is 17.4. The molecule has 130 valence electrons. The Balaban J connectivity index is 1.45. The van der Waals surface area contributed by atoms with Crippen LogP contribution in [0.4, 0.5) is 5.69 Å². The van der Waals surface area contributed by atoms with Gasteiger partial charge >= 0.3 is 5.91 Å². The summed E-state index contributed by atoms with van der Waals surface area (Å²) in [5, 5.41) is 13.7. The summed E-state index contributed by atoms with van der Waals surface area (Å²) in [6, 6.07) is 6.08. The minimum Gasteiger partial charge on any atom is -0.432 e. The van der Waals surface area contributed by atoms with Gasteiger partial charge in [0.2, 0.25) is 0 Å². The zero-order valence-electron chi connectivity index (χ0n) is 13.6. The number of nitro benzene ring substituents is 1. The molecule has 3 saturated heterocycles. The van der Waals surface area contributed by atoms with E-state index >= 15 is 0 Å². The molecule has 2 bridgehead atoms. The first-order valence-corrected chi connectivity index (χ1v) is 8.34. The third-order valence-electron chi connectivity index (χ3n) is 5.04. The Morgan fingerprint density at radius 1 is 1.28 bits per heavy atom. The number of hydrogen-bond donors (Lipinski definition) is 1. The smallest absolute Gasteiger partial charge is 0.307 e. The zero-order valence-corrected chi connectivity index (χ0v) is 13.6. The molecule has 8 nitrogen and oxygen atoms in total. The third-order valence-corrected chi connectivity index (χ3v) is 5.04. The average Bonchev–Trinajstić information content (AvgIpc) is 3.13. The highest BCUT2D eigenvalue weighted by atomic mass is 16.6. The number of fused-ring (bicyclic) bond motifs is 3.